The van der Waals surface area contributed by atoms with Gasteiger partial charge in [0, 0.05) is 23.7 Å². The Morgan fingerprint density at radius 2 is 1.50 bits per heavy atom. The summed E-state index contributed by atoms with van der Waals surface area (Å²) < 4.78 is 15.9. The van der Waals surface area contributed by atoms with Gasteiger partial charge in [0.25, 0.3) is 11.8 Å². The van der Waals surface area contributed by atoms with E-state index < -0.39 is 5.91 Å². The molecule has 0 aromatic heterocycles. The van der Waals surface area contributed by atoms with E-state index in [4.69, 9.17) is 14.2 Å². The van der Waals surface area contributed by atoms with E-state index in [1.54, 1.807) is 42.5 Å². The number of methoxy groups -OCH3 is 2. The van der Waals surface area contributed by atoms with Crippen molar-refractivity contribution in [1.29, 1.82) is 0 Å². The minimum absolute atomic E-state index is 0.231. The van der Waals surface area contributed by atoms with Crippen LogP contribution in [-0.2, 0) is 4.79 Å². The summed E-state index contributed by atoms with van der Waals surface area (Å²) in [5.74, 6) is 0.891. The van der Waals surface area contributed by atoms with Crippen LogP contribution in [0.4, 0.5) is 5.69 Å². The molecule has 2 aromatic carbocycles. The topological polar surface area (TPSA) is 85.9 Å². The lowest BCUT2D eigenvalue weighted by Crippen LogP contribution is -2.41. The molecule has 2 amide bonds. The van der Waals surface area contributed by atoms with Gasteiger partial charge in [-0.25, -0.2) is 0 Å². The zero-order valence-electron chi connectivity index (χ0n) is 16.8. The standard InChI is InChI=1S/C21H26N2O5/c1-21(2,3)23-20(25)17-8-6-7-9-18(17)22-19(24)13-28-16-11-14(26-4)10-15(12-16)27-5/h6-12H,13H2,1-5H3,(H,22,24)(H,23,25). The van der Waals surface area contributed by atoms with Gasteiger partial charge in [-0.3, -0.25) is 9.59 Å². The summed E-state index contributed by atoms with van der Waals surface area (Å²) in [6.07, 6.45) is 0. The van der Waals surface area contributed by atoms with Gasteiger partial charge in [-0.1, -0.05) is 12.1 Å². The molecule has 0 bridgehead atoms. The Morgan fingerprint density at radius 3 is 2.07 bits per heavy atom. The number of rotatable bonds is 7. The molecule has 2 aromatic rings. The number of amides is 2. The summed E-state index contributed by atoms with van der Waals surface area (Å²) in [6, 6.07) is 11.8. The molecule has 7 nitrogen and oxygen atoms in total. The van der Waals surface area contributed by atoms with Gasteiger partial charge in [0.15, 0.2) is 6.61 Å². The highest BCUT2D eigenvalue weighted by Crippen LogP contribution is 2.27. The molecular weight excluding hydrogens is 360 g/mol. The highest BCUT2D eigenvalue weighted by molar-refractivity contribution is 6.04. The van der Waals surface area contributed by atoms with Gasteiger partial charge in [0.05, 0.1) is 25.5 Å². The molecule has 0 heterocycles. The molecule has 0 spiro atoms. The molecule has 7 heteroatoms. The van der Waals surface area contributed by atoms with Crippen molar-refractivity contribution in [2.75, 3.05) is 26.1 Å². The van der Waals surface area contributed by atoms with Crippen molar-refractivity contribution in [2.45, 2.75) is 26.3 Å². The van der Waals surface area contributed by atoms with Crippen molar-refractivity contribution >= 4 is 17.5 Å². The van der Waals surface area contributed by atoms with Crippen molar-refractivity contribution in [3.05, 3.63) is 48.0 Å². The second-order valence-corrected chi connectivity index (χ2v) is 7.13. The third kappa shape index (κ3) is 6.19. The van der Waals surface area contributed by atoms with E-state index in [1.165, 1.54) is 14.2 Å². The largest absolute Gasteiger partial charge is 0.496 e. The summed E-state index contributed by atoms with van der Waals surface area (Å²) in [4.78, 5) is 24.8. The van der Waals surface area contributed by atoms with Crippen molar-refractivity contribution in [2.24, 2.45) is 0 Å². The van der Waals surface area contributed by atoms with Crippen LogP contribution < -0.4 is 24.8 Å². The van der Waals surface area contributed by atoms with Crippen LogP contribution >= 0.6 is 0 Å². The molecule has 2 N–H and O–H groups in total. The summed E-state index contributed by atoms with van der Waals surface area (Å²) in [6.45, 7) is 5.44. The van der Waals surface area contributed by atoms with E-state index in [2.05, 4.69) is 10.6 Å². The zero-order chi connectivity index (χ0) is 20.7. The number of benzene rings is 2. The molecule has 28 heavy (non-hydrogen) atoms. The first-order valence-electron chi connectivity index (χ1n) is 8.79. The smallest absolute Gasteiger partial charge is 0.262 e. The molecule has 0 saturated heterocycles. The predicted octanol–water partition coefficient (Wildman–Crippen LogP) is 3.25. The van der Waals surface area contributed by atoms with E-state index >= 15 is 0 Å². The number of carbonyl (C=O) groups excluding carboxylic acids is 2. The van der Waals surface area contributed by atoms with E-state index in [0.717, 1.165) is 0 Å². The normalized spacial score (nSPS) is 10.8. The lowest BCUT2D eigenvalue weighted by Gasteiger charge is -2.21. The van der Waals surface area contributed by atoms with Crippen molar-refractivity contribution in [1.82, 2.24) is 5.32 Å². The quantitative estimate of drug-likeness (QED) is 0.763. The molecule has 0 atom stereocenters. The fourth-order valence-electron chi connectivity index (χ4n) is 2.40. The Labute approximate surface area is 165 Å². The molecule has 0 unspecified atom stereocenters. The first-order chi connectivity index (χ1) is 13.2. The van der Waals surface area contributed by atoms with Gasteiger partial charge in [0.2, 0.25) is 0 Å². The number of nitrogens with one attached hydrogen (secondary N) is 2. The van der Waals surface area contributed by atoms with E-state index in [-0.39, 0.29) is 18.1 Å². The minimum Gasteiger partial charge on any atom is -0.496 e. The maximum atomic E-state index is 12.5. The van der Waals surface area contributed by atoms with Crippen LogP contribution in [-0.4, -0.2) is 38.2 Å². The summed E-state index contributed by atoms with van der Waals surface area (Å²) in [5, 5.41) is 5.60. The number of ether oxygens (including phenoxy) is 3. The van der Waals surface area contributed by atoms with E-state index in [9.17, 15) is 9.59 Å². The maximum absolute atomic E-state index is 12.5. The summed E-state index contributed by atoms with van der Waals surface area (Å²) >= 11 is 0. The van der Waals surface area contributed by atoms with Gasteiger partial charge in [-0.05, 0) is 32.9 Å². The fraction of sp³-hybridized carbons (Fsp3) is 0.333. The molecule has 150 valence electrons. The fourth-order valence-corrected chi connectivity index (χ4v) is 2.40. The van der Waals surface area contributed by atoms with Crippen LogP contribution in [0.1, 0.15) is 31.1 Å². The molecule has 0 radical (unpaired) electrons. The molecule has 0 saturated carbocycles. The Bertz CT molecular complexity index is 821. The highest BCUT2D eigenvalue weighted by Gasteiger charge is 2.18. The van der Waals surface area contributed by atoms with Gasteiger partial charge < -0.3 is 24.8 Å². The van der Waals surface area contributed by atoms with Crippen LogP contribution in [0, 0.1) is 0 Å². The second-order valence-electron chi connectivity index (χ2n) is 7.13. The molecule has 0 aliphatic heterocycles. The number of anilines is 1. The zero-order valence-corrected chi connectivity index (χ0v) is 16.8. The molecule has 0 aliphatic rings. The number of hydrogen-bond donors (Lipinski definition) is 2. The van der Waals surface area contributed by atoms with Crippen molar-refractivity contribution < 1.29 is 23.8 Å². The maximum Gasteiger partial charge on any atom is 0.262 e. The van der Waals surface area contributed by atoms with Crippen LogP contribution in [0.2, 0.25) is 0 Å². The molecule has 0 aliphatic carbocycles. The average molecular weight is 386 g/mol. The number of hydrogen-bond acceptors (Lipinski definition) is 5. The summed E-state index contributed by atoms with van der Waals surface area (Å²) in [5.41, 5.74) is 0.415. The third-order valence-corrected chi connectivity index (χ3v) is 3.63. The predicted molar refractivity (Wildman–Crippen MR) is 107 cm³/mol. The van der Waals surface area contributed by atoms with E-state index in [1.807, 2.05) is 20.8 Å². The monoisotopic (exact) mass is 386 g/mol. The third-order valence-electron chi connectivity index (χ3n) is 3.63. The second kappa shape index (κ2) is 9.12. The van der Waals surface area contributed by atoms with Gasteiger partial charge in [0.1, 0.15) is 17.2 Å². The SMILES string of the molecule is COc1cc(OC)cc(OCC(=O)Nc2ccccc2C(=O)NC(C)(C)C)c1. The van der Waals surface area contributed by atoms with Crippen molar-refractivity contribution in [3.63, 3.8) is 0 Å². The lowest BCUT2D eigenvalue weighted by molar-refractivity contribution is -0.118. The van der Waals surface area contributed by atoms with Crippen molar-refractivity contribution in [3.8, 4) is 17.2 Å². The summed E-state index contributed by atoms with van der Waals surface area (Å²) in [7, 11) is 3.07. The highest BCUT2D eigenvalue weighted by atomic mass is 16.5. The molecular formula is C21H26N2O5. The van der Waals surface area contributed by atoms with Crippen LogP contribution in [0.25, 0.3) is 0 Å². The van der Waals surface area contributed by atoms with Gasteiger partial charge in [-0.15, -0.1) is 0 Å². The average Bonchev–Trinajstić information content (AvgIpc) is 2.65. The minimum atomic E-state index is -0.391. The van der Waals surface area contributed by atoms with E-state index in [0.29, 0.717) is 28.5 Å². The molecule has 2 rings (SSSR count). The Kier molecular flexibility index (Phi) is 6.87. The van der Waals surface area contributed by atoms with Crippen LogP contribution in [0.3, 0.4) is 0 Å². The molecule has 0 fully saturated rings. The Morgan fingerprint density at radius 1 is 0.929 bits per heavy atom. The van der Waals surface area contributed by atoms with Gasteiger partial charge in [-0.2, -0.15) is 0 Å². The first-order valence-corrected chi connectivity index (χ1v) is 8.79. The Balaban J connectivity index is 2.05. The van der Waals surface area contributed by atoms with Crippen LogP contribution in [0.5, 0.6) is 17.2 Å². The lowest BCUT2D eigenvalue weighted by atomic mass is 10.1. The first kappa shape index (κ1) is 21.1. The van der Waals surface area contributed by atoms with Gasteiger partial charge >= 0.3 is 0 Å². The van der Waals surface area contributed by atoms with Crippen LogP contribution in [0.15, 0.2) is 42.5 Å². The number of carbonyl (C=O) groups is 2. The Hall–Kier alpha value is -3.22. The number of para-hydroxylation sites is 1.